The summed E-state index contributed by atoms with van der Waals surface area (Å²) in [6.07, 6.45) is 0.159. The van der Waals surface area contributed by atoms with E-state index >= 15 is 0 Å². The molecule has 0 saturated carbocycles. The van der Waals surface area contributed by atoms with Crippen molar-refractivity contribution in [1.29, 1.82) is 0 Å². The van der Waals surface area contributed by atoms with Crippen LogP contribution in [0.3, 0.4) is 0 Å². The third-order valence-corrected chi connectivity index (χ3v) is 4.09. The average Bonchev–Trinajstić information content (AvgIpc) is 2.48. The predicted octanol–water partition coefficient (Wildman–Crippen LogP) is 4.10. The molecule has 0 radical (unpaired) electrons. The number of nitrogens with zero attached hydrogens (tertiary/aromatic N) is 1. The van der Waals surface area contributed by atoms with Gasteiger partial charge in [0.1, 0.15) is 5.82 Å². The van der Waals surface area contributed by atoms with Crippen LogP contribution < -0.4 is 4.90 Å². The molecule has 1 aliphatic heterocycles. The summed E-state index contributed by atoms with van der Waals surface area (Å²) in [4.78, 5) is 26.4. The molecule has 3 nitrogen and oxygen atoms in total. The number of anilines is 1. The molecule has 2 aromatic carbocycles. The molecule has 0 spiro atoms. The number of rotatable bonds is 1. The Kier molecular flexibility index (Phi) is 3.71. The first-order valence-corrected chi connectivity index (χ1v) is 7.27. The highest BCUT2D eigenvalue weighted by Crippen LogP contribution is 2.33. The monoisotopic (exact) mass is 317 g/mol. The number of amides is 1. The molecular weight excluding hydrogens is 305 g/mol. The fourth-order valence-corrected chi connectivity index (χ4v) is 2.94. The number of hydrogen-bond donors (Lipinski definition) is 0. The molecule has 0 aliphatic carbocycles. The van der Waals surface area contributed by atoms with Crippen LogP contribution in [-0.4, -0.2) is 17.7 Å². The van der Waals surface area contributed by atoms with Gasteiger partial charge in [-0.3, -0.25) is 9.59 Å². The molecule has 112 valence electrons. The Balaban J connectivity index is 2.11. The Morgan fingerprint density at radius 2 is 2.00 bits per heavy atom. The van der Waals surface area contributed by atoms with Gasteiger partial charge in [0.2, 0.25) is 0 Å². The number of fused-ring (bicyclic) bond motifs is 1. The summed E-state index contributed by atoms with van der Waals surface area (Å²) in [7, 11) is 0. The van der Waals surface area contributed by atoms with E-state index in [1.165, 1.54) is 23.1 Å². The van der Waals surface area contributed by atoms with Crippen LogP contribution in [0, 0.1) is 5.82 Å². The molecule has 0 saturated heterocycles. The third-order valence-electron chi connectivity index (χ3n) is 3.76. The predicted molar refractivity (Wildman–Crippen MR) is 83.1 cm³/mol. The van der Waals surface area contributed by atoms with E-state index in [0.29, 0.717) is 16.3 Å². The van der Waals surface area contributed by atoms with Gasteiger partial charge in [-0.15, -0.1) is 0 Å². The van der Waals surface area contributed by atoms with Gasteiger partial charge in [-0.25, -0.2) is 4.39 Å². The van der Waals surface area contributed by atoms with Crippen LogP contribution in [0.5, 0.6) is 0 Å². The van der Waals surface area contributed by atoms with Gasteiger partial charge in [-0.05, 0) is 37.3 Å². The Hall–Kier alpha value is -2.20. The number of ketones is 1. The number of benzene rings is 2. The molecule has 1 amide bonds. The highest BCUT2D eigenvalue weighted by Gasteiger charge is 2.34. The zero-order valence-electron chi connectivity index (χ0n) is 11.8. The minimum absolute atomic E-state index is 0.159. The van der Waals surface area contributed by atoms with Crippen molar-refractivity contribution in [2.45, 2.75) is 19.4 Å². The summed E-state index contributed by atoms with van der Waals surface area (Å²) in [5.74, 6) is -0.949. The summed E-state index contributed by atoms with van der Waals surface area (Å²) in [6.45, 7) is 1.79. The SMILES string of the molecule is CC1CC(=O)c2cc(F)ccc2N1C(=O)c1ccccc1Cl. The molecule has 1 heterocycles. The molecule has 3 rings (SSSR count). The van der Waals surface area contributed by atoms with Crippen molar-refractivity contribution in [2.75, 3.05) is 4.90 Å². The van der Waals surface area contributed by atoms with Crippen molar-refractivity contribution in [1.82, 2.24) is 0 Å². The van der Waals surface area contributed by atoms with Crippen molar-refractivity contribution in [2.24, 2.45) is 0 Å². The zero-order valence-corrected chi connectivity index (χ0v) is 12.6. The first-order chi connectivity index (χ1) is 10.5. The van der Waals surface area contributed by atoms with E-state index in [2.05, 4.69) is 0 Å². The minimum atomic E-state index is -0.494. The van der Waals surface area contributed by atoms with Crippen molar-refractivity contribution in [3.05, 3.63) is 64.4 Å². The maximum absolute atomic E-state index is 13.4. The topological polar surface area (TPSA) is 37.4 Å². The van der Waals surface area contributed by atoms with Crippen molar-refractivity contribution >= 4 is 29.0 Å². The molecule has 1 unspecified atom stereocenters. The van der Waals surface area contributed by atoms with Crippen LogP contribution in [0.1, 0.15) is 34.1 Å². The lowest BCUT2D eigenvalue weighted by Crippen LogP contribution is -2.44. The first kappa shape index (κ1) is 14.7. The summed E-state index contributed by atoms with van der Waals surface area (Å²) < 4.78 is 13.4. The molecule has 22 heavy (non-hydrogen) atoms. The summed E-state index contributed by atoms with van der Waals surface area (Å²) in [6, 6.07) is 10.3. The summed E-state index contributed by atoms with van der Waals surface area (Å²) in [5.41, 5.74) is 1.02. The number of carbonyl (C=O) groups excluding carboxylic acids is 2. The highest BCUT2D eigenvalue weighted by atomic mass is 35.5. The van der Waals surface area contributed by atoms with Gasteiger partial charge in [0.25, 0.3) is 5.91 Å². The number of carbonyl (C=O) groups is 2. The molecule has 0 N–H and O–H groups in total. The molecule has 1 atom stereocenters. The van der Waals surface area contributed by atoms with Gasteiger partial charge >= 0.3 is 0 Å². The van der Waals surface area contributed by atoms with E-state index in [9.17, 15) is 14.0 Å². The number of halogens is 2. The first-order valence-electron chi connectivity index (χ1n) is 6.90. The Labute approximate surface area is 132 Å². The lowest BCUT2D eigenvalue weighted by Gasteiger charge is -2.34. The second kappa shape index (κ2) is 5.54. The normalized spacial score (nSPS) is 17.3. The van der Waals surface area contributed by atoms with Crippen LogP contribution >= 0.6 is 11.6 Å². The van der Waals surface area contributed by atoms with E-state index in [1.807, 2.05) is 0 Å². The highest BCUT2D eigenvalue weighted by molar-refractivity contribution is 6.34. The van der Waals surface area contributed by atoms with Gasteiger partial charge in [-0.2, -0.15) is 0 Å². The maximum Gasteiger partial charge on any atom is 0.260 e. The second-order valence-electron chi connectivity index (χ2n) is 5.29. The van der Waals surface area contributed by atoms with Crippen LogP contribution in [0.15, 0.2) is 42.5 Å². The molecule has 0 aromatic heterocycles. The van der Waals surface area contributed by atoms with Gasteiger partial charge in [0, 0.05) is 18.0 Å². The number of hydrogen-bond acceptors (Lipinski definition) is 2. The Morgan fingerprint density at radius 1 is 1.27 bits per heavy atom. The van der Waals surface area contributed by atoms with E-state index < -0.39 is 5.82 Å². The van der Waals surface area contributed by atoms with Crippen LogP contribution in [-0.2, 0) is 0 Å². The summed E-state index contributed by atoms with van der Waals surface area (Å²) in [5, 5.41) is 0.347. The minimum Gasteiger partial charge on any atom is -0.304 e. The fourth-order valence-electron chi connectivity index (χ4n) is 2.72. The summed E-state index contributed by atoms with van der Waals surface area (Å²) >= 11 is 6.09. The van der Waals surface area contributed by atoms with Gasteiger partial charge < -0.3 is 4.90 Å². The van der Waals surface area contributed by atoms with Crippen LogP contribution in [0.25, 0.3) is 0 Å². The van der Waals surface area contributed by atoms with Crippen molar-refractivity contribution < 1.29 is 14.0 Å². The fraction of sp³-hybridized carbons (Fsp3) is 0.176. The maximum atomic E-state index is 13.4. The van der Waals surface area contributed by atoms with Crippen molar-refractivity contribution in [3.8, 4) is 0 Å². The van der Waals surface area contributed by atoms with E-state index in [-0.39, 0.29) is 29.7 Å². The zero-order chi connectivity index (χ0) is 15.9. The van der Waals surface area contributed by atoms with E-state index in [0.717, 1.165) is 0 Å². The lowest BCUT2D eigenvalue weighted by atomic mass is 9.94. The lowest BCUT2D eigenvalue weighted by molar-refractivity contribution is 0.0936. The number of Topliss-reactive ketones (excluding diaryl/α,β-unsaturated/α-hetero) is 1. The third kappa shape index (κ3) is 2.40. The van der Waals surface area contributed by atoms with Crippen LogP contribution in [0.2, 0.25) is 5.02 Å². The average molecular weight is 318 g/mol. The van der Waals surface area contributed by atoms with Crippen molar-refractivity contribution in [3.63, 3.8) is 0 Å². The standard InChI is InChI=1S/C17H13ClFNO2/c1-10-8-16(21)13-9-11(19)6-7-15(13)20(10)17(22)12-4-2-3-5-14(12)18/h2-7,9-10H,8H2,1H3. The Morgan fingerprint density at radius 3 is 2.73 bits per heavy atom. The molecular formula is C17H13ClFNO2. The van der Waals surface area contributed by atoms with Gasteiger partial charge in [0.15, 0.2) is 5.78 Å². The molecule has 0 bridgehead atoms. The van der Waals surface area contributed by atoms with Crippen LogP contribution in [0.4, 0.5) is 10.1 Å². The molecule has 1 aliphatic rings. The van der Waals surface area contributed by atoms with Gasteiger partial charge in [-0.1, -0.05) is 23.7 Å². The van der Waals surface area contributed by atoms with E-state index in [1.54, 1.807) is 31.2 Å². The molecule has 0 fully saturated rings. The Bertz CT molecular complexity index is 775. The largest absolute Gasteiger partial charge is 0.304 e. The molecule has 2 aromatic rings. The molecule has 5 heteroatoms. The smallest absolute Gasteiger partial charge is 0.260 e. The second-order valence-corrected chi connectivity index (χ2v) is 5.70. The quantitative estimate of drug-likeness (QED) is 0.794. The van der Waals surface area contributed by atoms with E-state index in [4.69, 9.17) is 11.6 Å². The van der Waals surface area contributed by atoms with Gasteiger partial charge in [0.05, 0.1) is 16.3 Å².